The number of rotatable bonds is 3. The van der Waals surface area contributed by atoms with Gasteiger partial charge in [-0.2, -0.15) is 0 Å². The van der Waals surface area contributed by atoms with Crippen LogP contribution in [0.3, 0.4) is 0 Å². The zero-order valence-corrected chi connectivity index (χ0v) is 9.48. The summed E-state index contributed by atoms with van der Waals surface area (Å²) in [5.41, 5.74) is 6.88. The Hall–Kier alpha value is -1.16. The molecule has 0 fully saturated rings. The maximum atomic E-state index is 9.86. The molecule has 4 heteroatoms. The molecule has 1 aromatic carbocycles. The van der Waals surface area contributed by atoms with Crippen LogP contribution in [-0.2, 0) is 0 Å². The Morgan fingerprint density at radius 3 is 2.88 bits per heavy atom. The Morgan fingerprint density at radius 2 is 2.12 bits per heavy atom. The summed E-state index contributed by atoms with van der Waals surface area (Å²) in [6.07, 6.45) is -0.158. The van der Waals surface area contributed by atoms with E-state index in [1.807, 2.05) is 30.3 Å². The highest BCUT2D eigenvalue weighted by Crippen LogP contribution is 2.26. The van der Waals surface area contributed by atoms with Crippen LogP contribution in [-0.4, -0.2) is 16.6 Å². The third kappa shape index (κ3) is 2.16. The fourth-order valence-corrected chi connectivity index (χ4v) is 1.93. The average Bonchev–Trinajstić information content (AvgIpc) is 2.28. The van der Waals surface area contributed by atoms with Crippen LogP contribution in [0.2, 0.25) is 5.15 Å². The summed E-state index contributed by atoms with van der Waals surface area (Å²) in [5, 5.41) is 11.2. The molecule has 0 aliphatic carbocycles. The second-order valence-corrected chi connectivity index (χ2v) is 4.01. The lowest BCUT2D eigenvalue weighted by Gasteiger charge is -2.11. The van der Waals surface area contributed by atoms with Crippen LogP contribution in [0.1, 0.15) is 18.1 Å². The summed E-state index contributed by atoms with van der Waals surface area (Å²) >= 11 is 6.02. The third-order valence-corrected chi connectivity index (χ3v) is 2.81. The van der Waals surface area contributed by atoms with Gasteiger partial charge >= 0.3 is 0 Å². The molecule has 0 spiro atoms. The van der Waals surface area contributed by atoms with Crippen LogP contribution in [0.5, 0.6) is 0 Å². The van der Waals surface area contributed by atoms with E-state index < -0.39 is 6.10 Å². The molecule has 0 bridgehead atoms. The molecule has 3 N–H and O–H groups in total. The molecule has 0 unspecified atom stereocenters. The van der Waals surface area contributed by atoms with Crippen molar-refractivity contribution in [3.8, 4) is 0 Å². The largest absolute Gasteiger partial charge is 0.388 e. The van der Waals surface area contributed by atoms with Gasteiger partial charge in [-0.3, -0.25) is 0 Å². The molecular formula is C12H13ClN2O. The molecule has 2 aromatic rings. The average molecular weight is 237 g/mol. The van der Waals surface area contributed by atoms with Gasteiger partial charge in [0.25, 0.3) is 0 Å². The number of aromatic nitrogens is 1. The minimum Gasteiger partial charge on any atom is -0.388 e. The minimum atomic E-state index is -0.644. The molecule has 0 aliphatic rings. The fraction of sp³-hybridized carbons (Fsp3) is 0.250. The number of para-hydroxylation sites is 1. The van der Waals surface area contributed by atoms with Crippen molar-refractivity contribution in [2.75, 3.05) is 6.54 Å². The van der Waals surface area contributed by atoms with E-state index in [9.17, 15) is 5.11 Å². The Balaban J connectivity index is 2.49. The minimum absolute atomic E-state index is 0.347. The van der Waals surface area contributed by atoms with Crippen molar-refractivity contribution in [2.24, 2.45) is 5.73 Å². The van der Waals surface area contributed by atoms with E-state index in [4.69, 9.17) is 17.3 Å². The van der Waals surface area contributed by atoms with Gasteiger partial charge in [-0.15, -0.1) is 0 Å². The van der Waals surface area contributed by atoms with E-state index in [1.165, 1.54) is 0 Å². The van der Waals surface area contributed by atoms with Crippen LogP contribution < -0.4 is 5.73 Å². The van der Waals surface area contributed by atoms with Gasteiger partial charge < -0.3 is 10.8 Å². The molecule has 1 aromatic heterocycles. The highest BCUT2D eigenvalue weighted by Gasteiger charge is 2.12. The van der Waals surface area contributed by atoms with Crippen molar-refractivity contribution in [1.82, 2.24) is 4.98 Å². The van der Waals surface area contributed by atoms with Crippen molar-refractivity contribution < 1.29 is 5.11 Å². The van der Waals surface area contributed by atoms with Gasteiger partial charge in [-0.25, -0.2) is 4.98 Å². The van der Waals surface area contributed by atoms with Crippen molar-refractivity contribution in [1.29, 1.82) is 0 Å². The molecule has 0 amide bonds. The third-order valence-electron chi connectivity index (χ3n) is 2.50. The zero-order chi connectivity index (χ0) is 11.5. The van der Waals surface area contributed by atoms with Crippen LogP contribution in [0, 0.1) is 0 Å². The molecule has 0 radical (unpaired) electrons. The van der Waals surface area contributed by atoms with Crippen LogP contribution >= 0.6 is 11.6 Å². The first-order chi connectivity index (χ1) is 7.72. The van der Waals surface area contributed by atoms with Gasteiger partial charge in [0.1, 0.15) is 5.15 Å². The fourth-order valence-electron chi connectivity index (χ4n) is 1.66. The number of fused-ring (bicyclic) bond motifs is 1. The molecule has 0 aliphatic heterocycles. The van der Waals surface area contributed by atoms with Gasteiger partial charge in [0.15, 0.2) is 0 Å². The van der Waals surface area contributed by atoms with Crippen molar-refractivity contribution in [3.63, 3.8) is 0 Å². The molecule has 1 heterocycles. The Bertz CT molecular complexity index is 501. The van der Waals surface area contributed by atoms with Crippen LogP contribution in [0.15, 0.2) is 30.3 Å². The molecule has 3 nitrogen and oxygen atoms in total. The summed E-state index contributed by atoms with van der Waals surface area (Å²) in [6, 6.07) is 9.53. The lowest BCUT2D eigenvalue weighted by molar-refractivity contribution is 0.170. The summed E-state index contributed by atoms with van der Waals surface area (Å²) < 4.78 is 0. The van der Waals surface area contributed by atoms with Gasteiger partial charge in [0.05, 0.1) is 11.6 Å². The van der Waals surface area contributed by atoms with E-state index >= 15 is 0 Å². The monoisotopic (exact) mass is 236 g/mol. The SMILES string of the molecule is NCC[C@H](O)c1cc2ccccc2nc1Cl. The highest BCUT2D eigenvalue weighted by molar-refractivity contribution is 6.30. The van der Waals surface area contributed by atoms with E-state index in [-0.39, 0.29) is 0 Å². The molecular weight excluding hydrogens is 224 g/mol. The number of aliphatic hydroxyl groups excluding tert-OH is 1. The normalized spacial score (nSPS) is 12.9. The topological polar surface area (TPSA) is 59.1 Å². The summed E-state index contributed by atoms with van der Waals surface area (Å²) in [6.45, 7) is 0.421. The van der Waals surface area contributed by atoms with Crippen molar-refractivity contribution in [3.05, 3.63) is 41.0 Å². The molecule has 84 valence electrons. The van der Waals surface area contributed by atoms with Gasteiger partial charge in [0, 0.05) is 10.9 Å². The number of aliphatic hydroxyl groups is 1. The predicted molar refractivity (Wildman–Crippen MR) is 65.4 cm³/mol. The molecule has 0 saturated heterocycles. The Morgan fingerprint density at radius 1 is 1.38 bits per heavy atom. The molecule has 16 heavy (non-hydrogen) atoms. The van der Waals surface area contributed by atoms with Gasteiger partial charge in [-0.05, 0) is 25.1 Å². The van der Waals surface area contributed by atoms with E-state index in [0.717, 1.165) is 10.9 Å². The summed E-state index contributed by atoms with van der Waals surface area (Å²) in [4.78, 5) is 4.24. The standard InChI is InChI=1S/C12H13ClN2O/c13-12-9(11(16)5-6-14)7-8-3-1-2-4-10(8)15-12/h1-4,7,11,16H,5-6,14H2/t11-/m0/s1. The number of hydrogen-bond acceptors (Lipinski definition) is 3. The molecule has 2 rings (SSSR count). The van der Waals surface area contributed by atoms with E-state index in [0.29, 0.717) is 23.7 Å². The first-order valence-electron chi connectivity index (χ1n) is 5.15. The van der Waals surface area contributed by atoms with Crippen LogP contribution in [0.25, 0.3) is 10.9 Å². The van der Waals surface area contributed by atoms with Gasteiger partial charge in [0.2, 0.25) is 0 Å². The van der Waals surface area contributed by atoms with Crippen molar-refractivity contribution in [2.45, 2.75) is 12.5 Å². The highest BCUT2D eigenvalue weighted by atomic mass is 35.5. The Labute approximate surface area is 98.9 Å². The lowest BCUT2D eigenvalue weighted by atomic mass is 10.1. The second kappa shape index (κ2) is 4.78. The number of benzene rings is 1. The maximum absolute atomic E-state index is 9.86. The summed E-state index contributed by atoms with van der Waals surface area (Å²) in [5.74, 6) is 0. The predicted octanol–water partition coefficient (Wildman–Crippen LogP) is 2.27. The smallest absolute Gasteiger partial charge is 0.135 e. The van der Waals surface area contributed by atoms with Gasteiger partial charge in [-0.1, -0.05) is 29.8 Å². The Kier molecular flexibility index (Phi) is 3.39. The first-order valence-corrected chi connectivity index (χ1v) is 5.53. The number of hydrogen-bond donors (Lipinski definition) is 2. The van der Waals surface area contributed by atoms with E-state index in [2.05, 4.69) is 4.98 Å². The zero-order valence-electron chi connectivity index (χ0n) is 8.73. The quantitative estimate of drug-likeness (QED) is 0.804. The maximum Gasteiger partial charge on any atom is 0.135 e. The molecule has 1 atom stereocenters. The lowest BCUT2D eigenvalue weighted by Crippen LogP contribution is -2.07. The van der Waals surface area contributed by atoms with Crippen LogP contribution in [0.4, 0.5) is 0 Å². The number of nitrogens with two attached hydrogens (primary N) is 1. The first kappa shape index (κ1) is 11.3. The second-order valence-electron chi connectivity index (χ2n) is 3.65. The van der Waals surface area contributed by atoms with Crippen molar-refractivity contribution >= 4 is 22.5 Å². The van der Waals surface area contributed by atoms with E-state index in [1.54, 1.807) is 0 Å². The summed E-state index contributed by atoms with van der Waals surface area (Å²) in [7, 11) is 0. The molecule has 0 saturated carbocycles. The number of nitrogens with zero attached hydrogens (tertiary/aromatic N) is 1. The number of halogens is 1. The number of pyridine rings is 1.